The number of hydrogen-bond donors (Lipinski definition) is 0. The largest absolute Gasteiger partial charge is 0.476 e. The van der Waals surface area contributed by atoms with Crippen LogP contribution in [0.15, 0.2) is 54.6 Å². The molecule has 2 aromatic carbocycles. The second kappa shape index (κ2) is 9.20. The number of nitrogens with zero attached hydrogens (tertiary/aromatic N) is 2. The first kappa shape index (κ1) is 21.7. The van der Waals surface area contributed by atoms with Gasteiger partial charge >= 0.3 is 5.97 Å². The SMILES string of the molecule is CC(C)OC(=O)C(C)(C)Oc1cccc(N2CCN(C(=O)c3ccccc3)CC2)c1. The van der Waals surface area contributed by atoms with Crippen LogP contribution in [0, 0.1) is 0 Å². The summed E-state index contributed by atoms with van der Waals surface area (Å²) in [6.45, 7) is 9.84. The molecule has 160 valence electrons. The van der Waals surface area contributed by atoms with Crippen molar-refractivity contribution >= 4 is 17.6 Å². The van der Waals surface area contributed by atoms with Crippen molar-refractivity contribution in [2.24, 2.45) is 0 Å². The number of benzene rings is 2. The Morgan fingerprint density at radius 1 is 0.933 bits per heavy atom. The Labute approximate surface area is 178 Å². The van der Waals surface area contributed by atoms with Crippen molar-refractivity contribution in [3.8, 4) is 5.75 Å². The van der Waals surface area contributed by atoms with E-state index in [1.165, 1.54) is 0 Å². The Morgan fingerprint density at radius 3 is 2.23 bits per heavy atom. The Balaban J connectivity index is 1.62. The van der Waals surface area contributed by atoms with Gasteiger partial charge in [0.1, 0.15) is 5.75 Å². The van der Waals surface area contributed by atoms with Gasteiger partial charge in [0.2, 0.25) is 0 Å². The van der Waals surface area contributed by atoms with Gasteiger partial charge in [0.15, 0.2) is 5.60 Å². The van der Waals surface area contributed by atoms with Crippen LogP contribution in [0.3, 0.4) is 0 Å². The number of rotatable bonds is 6. The zero-order chi connectivity index (χ0) is 21.7. The average molecular weight is 411 g/mol. The number of ether oxygens (including phenoxy) is 2. The van der Waals surface area contributed by atoms with Crippen LogP contribution in [0.25, 0.3) is 0 Å². The van der Waals surface area contributed by atoms with Crippen molar-refractivity contribution in [2.45, 2.75) is 39.4 Å². The Bertz CT molecular complexity index is 872. The molecule has 0 saturated carbocycles. The molecule has 1 heterocycles. The van der Waals surface area contributed by atoms with Gasteiger partial charge in [-0.05, 0) is 52.0 Å². The molecule has 0 bridgehead atoms. The molecule has 0 atom stereocenters. The fourth-order valence-corrected chi connectivity index (χ4v) is 3.37. The first-order valence-electron chi connectivity index (χ1n) is 10.4. The molecule has 0 spiro atoms. The van der Waals surface area contributed by atoms with Crippen molar-refractivity contribution in [2.75, 3.05) is 31.1 Å². The van der Waals surface area contributed by atoms with Crippen LogP contribution in [0.2, 0.25) is 0 Å². The zero-order valence-electron chi connectivity index (χ0n) is 18.1. The number of piperazine rings is 1. The van der Waals surface area contributed by atoms with Gasteiger partial charge in [-0.1, -0.05) is 24.3 Å². The van der Waals surface area contributed by atoms with E-state index in [2.05, 4.69) is 4.90 Å². The van der Waals surface area contributed by atoms with Crippen LogP contribution in [0.1, 0.15) is 38.1 Å². The maximum atomic E-state index is 12.6. The Kier molecular flexibility index (Phi) is 6.65. The van der Waals surface area contributed by atoms with Gasteiger partial charge < -0.3 is 19.3 Å². The lowest BCUT2D eigenvalue weighted by atomic mass is 10.1. The number of anilines is 1. The average Bonchev–Trinajstić information content (AvgIpc) is 2.73. The molecule has 1 aliphatic rings. The minimum absolute atomic E-state index is 0.0674. The molecular weight excluding hydrogens is 380 g/mol. The summed E-state index contributed by atoms with van der Waals surface area (Å²) in [6, 6.07) is 17.1. The molecule has 1 amide bonds. The van der Waals surface area contributed by atoms with Gasteiger partial charge in [-0.3, -0.25) is 4.79 Å². The van der Waals surface area contributed by atoms with Crippen molar-refractivity contribution in [1.82, 2.24) is 4.90 Å². The van der Waals surface area contributed by atoms with E-state index in [9.17, 15) is 9.59 Å². The molecule has 0 unspecified atom stereocenters. The van der Waals surface area contributed by atoms with E-state index in [1.54, 1.807) is 13.8 Å². The molecule has 0 N–H and O–H groups in total. The molecule has 1 fully saturated rings. The minimum atomic E-state index is -1.08. The van der Waals surface area contributed by atoms with Crippen LogP contribution in [0.4, 0.5) is 5.69 Å². The maximum absolute atomic E-state index is 12.6. The molecule has 30 heavy (non-hydrogen) atoms. The van der Waals surface area contributed by atoms with Crippen molar-refractivity contribution < 1.29 is 19.1 Å². The lowest BCUT2D eigenvalue weighted by Crippen LogP contribution is -2.48. The number of amides is 1. The van der Waals surface area contributed by atoms with Gasteiger partial charge in [0.05, 0.1) is 6.10 Å². The van der Waals surface area contributed by atoms with Gasteiger partial charge in [0, 0.05) is 43.5 Å². The van der Waals surface area contributed by atoms with Gasteiger partial charge in [-0.2, -0.15) is 0 Å². The molecule has 3 rings (SSSR count). The molecule has 0 aromatic heterocycles. The standard InChI is InChI=1S/C24H30N2O4/c1-18(2)29-23(28)24(3,4)30-21-12-8-11-20(17-21)25-13-15-26(16-14-25)22(27)19-9-6-5-7-10-19/h5-12,17-18H,13-16H2,1-4H3. The highest BCUT2D eigenvalue weighted by atomic mass is 16.6. The maximum Gasteiger partial charge on any atom is 0.350 e. The number of esters is 1. The third kappa shape index (κ3) is 5.32. The third-order valence-corrected chi connectivity index (χ3v) is 4.98. The van der Waals surface area contributed by atoms with Crippen LogP contribution < -0.4 is 9.64 Å². The monoisotopic (exact) mass is 410 g/mol. The smallest absolute Gasteiger partial charge is 0.350 e. The topological polar surface area (TPSA) is 59.1 Å². The van der Waals surface area contributed by atoms with Crippen LogP contribution in [-0.4, -0.2) is 54.7 Å². The van der Waals surface area contributed by atoms with E-state index in [0.29, 0.717) is 18.8 Å². The summed E-state index contributed by atoms with van der Waals surface area (Å²) in [6.07, 6.45) is -0.193. The molecule has 6 nitrogen and oxygen atoms in total. The minimum Gasteiger partial charge on any atom is -0.476 e. The highest BCUT2D eigenvalue weighted by Crippen LogP contribution is 2.26. The quantitative estimate of drug-likeness (QED) is 0.679. The second-order valence-corrected chi connectivity index (χ2v) is 8.21. The molecule has 0 radical (unpaired) electrons. The predicted octanol–water partition coefficient (Wildman–Crippen LogP) is 3.76. The first-order chi connectivity index (χ1) is 14.3. The Morgan fingerprint density at radius 2 is 1.60 bits per heavy atom. The normalized spacial score (nSPS) is 14.6. The summed E-state index contributed by atoms with van der Waals surface area (Å²) in [4.78, 5) is 29.0. The summed E-state index contributed by atoms with van der Waals surface area (Å²) in [5.74, 6) is 0.287. The van der Waals surface area contributed by atoms with Gasteiger partial charge in [-0.15, -0.1) is 0 Å². The molecule has 2 aromatic rings. The highest BCUT2D eigenvalue weighted by molar-refractivity contribution is 5.94. The number of carbonyl (C=O) groups is 2. The van der Waals surface area contributed by atoms with E-state index in [-0.39, 0.29) is 12.0 Å². The summed E-state index contributed by atoms with van der Waals surface area (Å²) in [7, 11) is 0. The number of hydrogen-bond acceptors (Lipinski definition) is 5. The molecular formula is C24H30N2O4. The van der Waals surface area contributed by atoms with E-state index in [4.69, 9.17) is 9.47 Å². The van der Waals surface area contributed by atoms with Crippen molar-refractivity contribution in [1.29, 1.82) is 0 Å². The van der Waals surface area contributed by atoms with Crippen LogP contribution >= 0.6 is 0 Å². The molecule has 6 heteroatoms. The summed E-state index contributed by atoms with van der Waals surface area (Å²) < 4.78 is 11.2. The Hall–Kier alpha value is -3.02. The predicted molar refractivity (Wildman–Crippen MR) is 117 cm³/mol. The highest BCUT2D eigenvalue weighted by Gasteiger charge is 2.32. The lowest BCUT2D eigenvalue weighted by Gasteiger charge is -2.36. The van der Waals surface area contributed by atoms with Gasteiger partial charge in [-0.25, -0.2) is 4.79 Å². The van der Waals surface area contributed by atoms with Crippen molar-refractivity contribution in [3.63, 3.8) is 0 Å². The van der Waals surface area contributed by atoms with Gasteiger partial charge in [0.25, 0.3) is 5.91 Å². The third-order valence-electron chi connectivity index (χ3n) is 4.98. The second-order valence-electron chi connectivity index (χ2n) is 8.21. The fourth-order valence-electron chi connectivity index (χ4n) is 3.37. The summed E-state index contributed by atoms with van der Waals surface area (Å²) >= 11 is 0. The van der Waals surface area contributed by atoms with E-state index in [0.717, 1.165) is 24.3 Å². The molecule has 0 aliphatic carbocycles. The van der Waals surface area contributed by atoms with E-state index >= 15 is 0 Å². The van der Waals surface area contributed by atoms with E-state index in [1.807, 2.05) is 73.3 Å². The lowest BCUT2D eigenvalue weighted by molar-refractivity contribution is -0.163. The van der Waals surface area contributed by atoms with Crippen molar-refractivity contribution in [3.05, 3.63) is 60.2 Å². The summed E-state index contributed by atoms with van der Waals surface area (Å²) in [5.41, 5.74) is 0.646. The van der Waals surface area contributed by atoms with Crippen LogP contribution in [-0.2, 0) is 9.53 Å². The van der Waals surface area contributed by atoms with E-state index < -0.39 is 11.6 Å². The number of carbonyl (C=O) groups excluding carboxylic acids is 2. The molecule has 1 saturated heterocycles. The summed E-state index contributed by atoms with van der Waals surface area (Å²) in [5, 5.41) is 0. The van der Waals surface area contributed by atoms with Crippen LogP contribution in [0.5, 0.6) is 5.75 Å². The first-order valence-corrected chi connectivity index (χ1v) is 10.4. The molecule has 1 aliphatic heterocycles. The zero-order valence-corrected chi connectivity index (χ0v) is 18.1. The fraction of sp³-hybridized carbons (Fsp3) is 0.417.